The maximum atomic E-state index is 13.7. The van der Waals surface area contributed by atoms with Gasteiger partial charge in [0.05, 0.1) is 13.2 Å². The van der Waals surface area contributed by atoms with Gasteiger partial charge in [-0.15, -0.1) is 0 Å². The Kier molecular flexibility index (Phi) is 23.2. The summed E-state index contributed by atoms with van der Waals surface area (Å²) in [7, 11) is 0. The summed E-state index contributed by atoms with van der Waals surface area (Å²) in [5.41, 5.74) is -6.33. The van der Waals surface area contributed by atoms with E-state index >= 15 is 0 Å². The molecule has 248 valence electrons. The monoisotopic (exact) mass is 602 g/mol. The van der Waals surface area contributed by atoms with E-state index in [1.54, 1.807) is 0 Å². The molecule has 0 saturated carbocycles. The van der Waals surface area contributed by atoms with E-state index in [-0.39, 0.29) is 19.3 Å². The van der Waals surface area contributed by atoms with Gasteiger partial charge in [-0.05, 0) is 19.3 Å². The molecule has 0 radical (unpaired) electrons. The Hall–Kier alpha value is -1.39. The number of carbonyl (C=O) groups is 3. The second kappa shape index (κ2) is 24.0. The predicted molar refractivity (Wildman–Crippen MR) is 164 cm³/mol. The van der Waals surface area contributed by atoms with Crippen molar-refractivity contribution in [2.24, 2.45) is 0 Å². The highest BCUT2D eigenvalue weighted by Gasteiger charge is 2.66. The molecule has 9 heteroatoms. The second-order valence-corrected chi connectivity index (χ2v) is 11.8. The number of carbonyl (C=O) groups excluding carboxylic acids is 3. The molecular formula is C33H62O9. The van der Waals surface area contributed by atoms with Crippen molar-refractivity contribution in [2.75, 3.05) is 13.2 Å². The van der Waals surface area contributed by atoms with Crippen LogP contribution in [-0.2, 0) is 19.1 Å². The number of ketones is 2. The van der Waals surface area contributed by atoms with Gasteiger partial charge in [-0.3, -0.25) is 14.4 Å². The summed E-state index contributed by atoms with van der Waals surface area (Å²) in [6.45, 7) is 4.08. The standard InChI is InChI=1S/C33H62O9/c1-4-7-10-13-16-19-22-27(36)32(40,29(38)25-34)33(41,28(37)23-20-17-14-11-8-5-2)30(26-35)42-31(39)24-21-18-15-12-9-6-3/h29-30,34-35,38,40-41H,4-26H2,1-3H3/t29-,30+,32+,33+/m0/s1. The molecular weight excluding hydrogens is 540 g/mol. The molecule has 0 aromatic heterocycles. The lowest BCUT2D eigenvalue weighted by atomic mass is 9.68. The first kappa shape index (κ1) is 40.6. The third kappa shape index (κ3) is 13.5. The van der Waals surface area contributed by atoms with Crippen LogP contribution in [-0.4, -0.2) is 79.7 Å². The van der Waals surface area contributed by atoms with E-state index in [1.807, 2.05) is 0 Å². The summed E-state index contributed by atoms with van der Waals surface area (Å²) in [6.07, 6.45) is 10.5. The fourth-order valence-corrected chi connectivity index (χ4v) is 5.46. The fraction of sp³-hybridized carbons (Fsp3) is 0.909. The maximum Gasteiger partial charge on any atom is 0.306 e. The fourth-order valence-electron chi connectivity index (χ4n) is 5.46. The molecule has 0 bridgehead atoms. The largest absolute Gasteiger partial charge is 0.456 e. The van der Waals surface area contributed by atoms with Crippen LogP contribution >= 0.6 is 0 Å². The summed E-state index contributed by atoms with van der Waals surface area (Å²) >= 11 is 0. The number of rotatable bonds is 29. The van der Waals surface area contributed by atoms with Crippen molar-refractivity contribution in [2.45, 2.75) is 179 Å². The summed E-state index contributed by atoms with van der Waals surface area (Å²) < 4.78 is 5.37. The molecule has 0 rings (SSSR count). The molecule has 42 heavy (non-hydrogen) atoms. The van der Waals surface area contributed by atoms with Gasteiger partial charge in [-0.2, -0.15) is 0 Å². The number of aliphatic hydroxyl groups is 5. The summed E-state index contributed by atoms with van der Waals surface area (Å²) in [5.74, 6) is -2.85. The predicted octanol–water partition coefficient (Wildman–Crippen LogP) is 5.10. The molecule has 0 fully saturated rings. The highest BCUT2D eigenvalue weighted by atomic mass is 16.6. The molecule has 0 aliphatic rings. The lowest BCUT2D eigenvalue weighted by Gasteiger charge is -2.46. The van der Waals surface area contributed by atoms with Gasteiger partial charge in [0.2, 0.25) is 5.60 Å². The van der Waals surface area contributed by atoms with Gasteiger partial charge in [0.25, 0.3) is 0 Å². The smallest absolute Gasteiger partial charge is 0.306 e. The molecule has 0 aliphatic carbocycles. The Morgan fingerprint density at radius 3 is 1.29 bits per heavy atom. The molecule has 0 aliphatic heterocycles. The van der Waals surface area contributed by atoms with Crippen LogP contribution in [0.5, 0.6) is 0 Å². The minimum absolute atomic E-state index is 0.0307. The molecule has 0 heterocycles. The Morgan fingerprint density at radius 1 is 0.548 bits per heavy atom. The number of hydrogen-bond donors (Lipinski definition) is 5. The van der Waals surface area contributed by atoms with Gasteiger partial charge >= 0.3 is 5.97 Å². The number of ether oxygens (including phenoxy) is 1. The molecule has 9 nitrogen and oxygen atoms in total. The average Bonchev–Trinajstić information content (AvgIpc) is 2.99. The Bertz CT molecular complexity index is 728. The summed E-state index contributed by atoms with van der Waals surface area (Å²) in [5, 5.41) is 54.5. The van der Waals surface area contributed by atoms with Gasteiger partial charge < -0.3 is 30.3 Å². The topological polar surface area (TPSA) is 162 Å². The van der Waals surface area contributed by atoms with Crippen LogP contribution in [0.1, 0.15) is 156 Å². The van der Waals surface area contributed by atoms with E-state index in [9.17, 15) is 39.9 Å². The average molecular weight is 603 g/mol. The van der Waals surface area contributed by atoms with Crippen LogP contribution in [0.2, 0.25) is 0 Å². The number of esters is 1. The second-order valence-electron chi connectivity index (χ2n) is 11.8. The van der Waals surface area contributed by atoms with Gasteiger partial charge in [-0.25, -0.2) is 0 Å². The third-order valence-electron chi connectivity index (χ3n) is 8.24. The molecule has 0 saturated heterocycles. The van der Waals surface area contributed by atoms with Crippen LogP contribution in [0, 0.1) is 0 Å². The van der Waals surface area contributed by atoms with Crippen LogP contribution < -0.4 is 0 Å². The van der Waals surface area contributed by atoms with E-state index in [4.69, 9.17) is 4.74 Å². The van der Waals surface area contributed by atoms with Crippen molar-refractivity contribution < 1.29 is 44.7 Å². The van der Waals surface area contributed by atoms with Crippen molar-refractivity contribution >= 4 is 17.5 Å². The van der Waals surface area contributed by atoms with Gasteiger partial charge in [0, 0.05) is 19.3 Å². The van der Waals surface area contributed by atoms with E-state index in [1.165, 1.54) is 0 Å². The first-order valence-electron chi connectivity index (χ1n) is 16.7. The van der Waals surface area contributed by atoms with E-state index in [0.717, 1.165) is 83.5 Å². The Labute approximate surface area is 254 Å². The van der Waals surface area contributed by atoms with E-state index in [2.05, 4.69) is 20.8 Å². The number of Topliss-reactive ketones (excluding diaryl/α,β-unsaturated/α-hetero) is 2. The lowest BCUT2D eigenvalue weighted by Crippen LogP contribution is -2.75. The maximum absolute atomic E-state index is 13.7. The third-order valence-corrected chi connectivity index (χ3v) is 8.24. The molecule has 4 atom stereocenters. The Morgan fingerprint density at radius 2 is 0.905 bits per heavy atom. The normalized spacial score (nSPS) is 15.9. The SMILES string of the molecule is CCCCCCCCC(=O)O[C@H](CO)[C@](O)(C(=O)CCCCCCCC)[C@@](O)(C(=O)CCCCCCCC)[C@@H](O)CO. The van der Waals surface area contributed by atoms with Crippen LogP contribution in [0.4, 0.5) is 0 Å². The molecule has 5 N–H and O–H groups in total. The highest BCUT2D eigenvalue weighted by molar-refractivity contribution is 6.00. The minimum Gasteiger partial charge on any atom is -0.456 e. The van der Waals surface area contributed by atoms with Gasteiger partial charge in [0.1, 0.15) is 6.10 Å². The first-order chi connectivity index (χ1) is 20.1. The van der Waals surface area contributed by atoms with Crippen molar-refractivity contribution in [1.29, 1.82) is 0 Å². The summed E-state index contributed by atoms with van der Waals surface area (Å²) in [6, 6.07) is 0. The van der Waals surface area contributed by atoms with Crippen LogP contribution in [0.25, 0.3) is 0 Å². The zero-order chi connectivity index (χ0) is 31.9. The quantitative estimate of drug-likeness (QED) is 0.0579. The van der Waals surface area contributed by atoms with Crippen molar-refractivity contribution in [3.63, 3.8) is 0 Å². The van der Waals surface area contributed by atoms with E-state index < -0.39 is 54.2 Å². The Balaban J connectivity index is 5.98. The minimum atomic E-state index is -3.18. The van der Waals surface area contributed by atoms with Gasteiger partial charge in [0.15, 0.2) is 23.3 Å². The zero-order valence-electron chi connectivity index (χ0n) is 26.8. The summed E-state index contributed by atoms with van der Waals surface area (Å²) in [4.78, 5) is 39.9. The highest BCUT2D eigenvalue weighted by Crippen LogP contribution is 2.36. The van der Waals surface area contributed by atoms with Crippen molar-refractivity contribution in [3.8, 4) is 0 Å². The van der Waals surface area contributed by atoms with Gasteiger partial charge in [-0.1, -0.05) is 117 Å². The number of unbranched alkanes of at least 4 members (excludes halogenated alkanes) is 15. The molecule has 0 amide bonds. The molecule has 0 spiro atoms. The first-order valence-corrected chi connectivity index (χ1v) is 16.7. The van der Waals surface area contributed by atoms with Crippen LogP contribution in [0.15, 0.2) is 0 Å². The number of aliphatic hydroxyl groups excluding tert-OH is 3. The lowest BCUT2D eigenvalue weighted by molar-refractivity contribution is -0.241. The molecule has 0 aromatic carbocycles. The van der Waals surface area contributed by atoms with Crippen LogP contribution in [0.3, 0.4) is 0 Å². The molecule has 0 aromatic rings. The van der Waals surface area contributed by atoms with E-state index in [0.29, 0.717) is 32.1 Å². The zero-order valence-corrected chi connectivity index (χ0v) is 26.8. The van der Waals surface area contributed by atoms with Crippen molar-refractivity contribution in [3.05, 3.63) is 0 Å². The van der Waals surface area contributed by atoms with Crippen molar-refractivity contribution in [1.82, 2.24) is 0 Å². The molecule has 0 unspecified atom stereocenters. The number of hydrogen-bond acceptors (Lipinski definition) is 9.